The highest BCUT2D eigenvalue weighted by molar-refractivity contribution is 7.95. The lowest BCUT2D eigenvalue weighted by atomic mass is 10.1. The van der Waals surface area contributed by atoms with E-state index in [2.05, 4.69) is 0 Å². The van der Waals surface area contributed by atoms with Crippen LogP contribution in [-0.4, -0.2) is 26.6 Å². The molecule has 0 atom stereocenters. The van der Waals surface area contributed by atoms with E-state index in [9.17, 15) is 13.2 Å². The van der Waals surface area contributed by atoms with Gasteiger partial charge in [0, 0.05) is 5.56 Å². The van der Waals surface area contributed by atoms with E-state index in [4.69, 9.17) is 9.84 Å². The number of carboxylic acids is 1. The third-order valence-electron chi connectivity index (χ3n) is 2.29. The first-order valence-electron chi connectivity index (χ1n) is 4.34. The number of hydrogen-bond acceptors (Lipinski definition) is 4. The number of rotatable bonds is 2. The van der Waals surface area contributed by atoms with Crippen molar-refractivity contribution in [2.24, 2.45) is 0 Å². The van der Waals surface area contributed by atoms with E-state index in [0.717, 1.165) is 5.41 Å². The topological polar surface area (TPSA) is 80.7 Å². The van der Waals surface area contributed by atoms with Gasteiger partial charge in [-0.2, -0.15) is 0 Å². The molecule has 0 spiro atoms. The highest BCUT2D eigenvalue weighted by Gasteiger charge is 2.30. The van der Waals surface area contributed by atoms with Gasteiger partial charge in [-0.05, 0) is 18.2 Å². The van der Waals surface area contributed by atoms with Gasteiger partial charge in [0.25, 0.3) is 0 Å². The van der Waals surface area contributed by atoms with Gasteiger partial charge in [0.1, 0.15) is 5.75 Å². The number of carboxylic acid groups (broad SMARTS) is 1. The first-order chi connectivity index (χ1) is 7.45. The van der Waals surface area contributed by atoms with Crippen molar-refractivity contribution in [1.82, 2.24) is 0 Å². The van der Waals surface area contributed by atoms with Crippen LogP contribution in [0.25, 0.3) is 5.57 Å². The molecule has 5 nitrogen and oxygen atoms in total. The zero-order chi connectivity index (χ0) is 11.9. The molecule has 0 aliphatic carbocycles. The maximum Gasteiger partial charge on any atom is 0.337 e. The first-order valence-corrected chi connectivity index (χ1v) is 5.89. The number of methoxy groups -OCH3 is 1. The van der Waals surface area contributed by atoms with E-state index in [1.807, 2.05) is 0 Å². The summed E-state index contributed by atoms with van der Waals surface area (Å²) in [6, 6.07) is 4.23. The lowest BCUT2D eigenvalue weighted by Gasteiger charge is -2.03. The van der Waals surface area contributed by atoms with Crippen LogP contribution >= 0.6 is 0 Å². The predicted octanol–water partition coefficient (Wildman–Crippen LogP) is 0.908. The zero-order valence-electron chi connectivity index (χ0n) is 8.30. The van der Waals surface area contributed by atoms with E-state index < -0.39 is 15.8 Å². The van der Waals surface area contributed by atoms with E-state index in [1.54, 1.807) is 0 Å². The van der Waals surface area contributed by atoms with Gasteiger partial charge in [0.15, 0.2) is 0 Å². The molecule has 1 heterocycles. The average molecular weight is 240 g/mol. The monoisotopic (exact) mass is 240 g/mol. The SMILES string of the molecule is COc1ccc2c(c1)C(C(=O)O)=CS2(=O)=O. The fraction of sp³-hybridized carbons (Fsp3) is 0.100. The van der Waals surface area contributed by atoms with Crippen molar-refractivity contribution in [3.8, 4) is 5.75 Å². The molecule has 0 aromatic heterocycles. The van der Waals surface area contributed by atoms with E-state index in [1.165, 1.54) is 25.3 Å². The van der Waals surface area contributed by atoms with Crippen molar-refractivity contribution in [3.63, 3.8) is 0 Å². The fourth-order valence-corrected chi connectivity index (χ4v) is 2.94. The Kier molecular flexibility index (Phi) is 2.23. The molecule has 1 N–H and O–H groups in total. The van der Waals surface area contributed by atoms with E-state index in [0.29, 0.717) is 5.75 Å². The van der Waals surface area contributed by atoms with Crippen LogP contribution in [-0.2, 0) is 14.6 Å². The van der Waals surface area contributed by atoms with Crippen LogP contribution < -0.4 is 4.74 Å². The van der Waals surface area contributed by atoms with Gasteiger partial charge in [-0.3, -0.25) is 0 Å². The lowest BCUT2D eigenvalue weighted by molar-refractivity contribution is -0.130. The maximum atomic E-state index is 11.6. The Hall–Kier alpha value is -1.82. The first kappa shape index (κ1) is 10.7. The van der Waals surface area contributed by atoms with Crippen LogP contribution in [0.15, 0.2) is 28.5 Å². The summed E-state index contributed by atoms with van der Waals surface area (Å²) in [5.41, 5.74) is -0.0549. The van der Waals surface area contributed by atoms with Gasteiger partial charge in [0.2, 0.25) is 9.84 Å². The number of aliphatic carboxylic acids is 1. The van der Waals surface area contributed by atoms with Crippen molar-refractivity contribution in [3.05, 3.63) is 29.2 Å². The normalized spacial score (nSPS) is 16.4. The highest BCUT2D eigenvalue weighted by Crippen LogP contribution is 2.35. The fourth-order valence-electron chi connectivity index (χ4n) is 1.54. The molecule has 16 heavy (non-hydrogen) atoms. The van der Waals surface area contributed by atoms with Gasteiger partial charge in [0.05, 0.1) is 23.0 Å². The molecule has 1 aliphatic heterocycles. The van der Waals surface area contributed by atoms with Crippen molar-refractivity contribution < 1.29 is 23.1 Å². The predicted molar refractivity (Wildman–Crippen MR) is 55.8 cm³/mol. The lowest BCUT2D eigenvalue weighted by Crippen LogP contribution is -1.98. The molecule has 0 fully saturated rings. The third kappa shape index (κ3) is 1.47. The summed E-state index contributed by atoms with van der Waals surface area (Å²) < 4.78 is 28.1. The van der Waals surface area contributed by atoms with Crippen molar-refractivity contribution in [1.29, 1.82) is 0 Å². The Morgan fingerprint density at radius 1 is 1.38 bits per heavy atom. The van der Waals surface area contributed by atoms with E-state index in [-0.39, 0.29) is 16.0 Å². The van der Waals surface area contributed by atoms with Crippen LogP contribution in [0.5, 0.6) is 5.75 Å². The molecular formula is C10H8O5S. The summed E-state index contributed by atoms with van der Waals surface area (Å²) >= 11 is 0. The molecule has 0 radical (unpaired) electrons. The average Bonchev–Trinajstić information content (AvgIpc) is 2.50. The third-order valence-corrected chi connectivity index (χ3v) is 3.80. The molecule has 6 heteroatoms. The molecule has 0 amide bonds. The Balaban J connectivity index is 2.73. The second kappa shape index (κ2) is 3.34. The smallest absolute Gasteiger partial charge is 0.337 e. The number of carbonyl (C=O) groups is 1. The Morgan fingerprint density at radius 3 is 2.62 bits per heavy atom. The van der Waals surface area contributed by atoms with Gasteiger partial charge < -0.3 is 9.84 Å². The Bertz CT molecular complexity index is 598. The molecule has 1 aliphatic rings. The summed E-state index contributed by atoms with van der Waals surface area (Å²) in [7, 11) is -2.20. The summed E-state index contributed by atoms with van der Waals surface area (Å²) in [6.07, 6.45) is 0. The Morgan fingerprint density at radius 2 is 2.06 bits per heavy atom. The van der Waals surface area contributed by atoms with Crippen LogP contribution in [0.1, 0.15) is 5.56 Å². The number of hydrogen-bond donors (Lipinski definition) is 1. The molecule has 0 bridgehead atoms. The minimum atomic E-state index is -3.62. The quantitative estimate of drug-likeness (QED) is 0.830. The van der Waals surface area contributed by atoms with E-state index >= 15 is 0 Å². The molecule has 1 aromatic rings. The molecule has 0 saturated carbocycles. The molecule has 1 aromatic carbocycles. The maximum absolute atomic E-state index is 11.6. The van der Waals surface area contributed by atoms with Gasteiger partial charge >= 0.3 is 5.97 Å². The van der Waals surface area contributed by atoms with Gasteiger partial charge in [-0.25, -0.2) is 13.2 Å². The van der Waals surface area contributed by atoms with Crippen LogP contribution in [0.3, 0.4) is 0 Å². The standard InChI is InChI=1S/C10H8O5S/c1-15-6-2-3-9-7(4-6)8(10(11)12)5-16(9,13)14/h2-5H,1H3,(H,11,12). The molecule has 0 saturated heterocycles. The summed E-state index contributed by atoms with van der Waals surface area (Å²) in [6.45, 7) is 0. The minimum absolute atomic E-state index is 0.00528. The van der Waals surface area contributed by atoms with Crippen molar-refractivity contribution in [2.45, 2.75) is 4.90 Å². The van der Waals surface area contributed by atoms with Crippen LogP contribution in [0, 0.1) is 0 Å². The second-order valence-corrected chi connectivity index (χ2v) is 5.01. The van der Waals surface area contributed by atoms with Crippen molar-refractivity contribution in [2.75, 3.05) is 7.11 Å². The number of fused-ring (bicyclic) bond motifs is 1. The minimum Gasteiger partial charge on any atom is -0.497 e. The van der Waals surface area contributed by atoms with Gasteiger partial charge in [-0.1, -0.05) is 0 Å². The Labute approximate surface area is 91.9 Å². The second-order valence-electron chi connectivity index (χ2n) is 3.24. The summed E-state index contributed by atoms with van der Waals surface area (Å²) in [5.74, 6) is -0.849. The molecular weight excluding hydrogens is 232 g/mol. The van der Waals surface area contributed by atoms with Crippen molar-refractivity contribution >= 4 is 21.4 Å². The largest absolute Gasteiger partial charge is 0.497 e. The molecule has 2 rings (SSSR count). The number of benzene rings is 1. The number of sulfone groups is 1. The zero-order valence-corrected chi connectivity index (χ0v) is 9.11. The molecule has 84 valence electrons. The number of ether oxygens (including phenoxy) is 1. The highest BCUT2D eigenvalue weighted by atomic mass is 32.2. The van der Waals surface area contributed by atoms with Gasteiger partial charge in [-0.15, -0.1) is 0 Å². The molecule has 0 unspecified atom stereocenters. The summed E-state index contributed by atoms with van der Waals surface area (Å²) in [5, 5.41) is 9.65. The van der Waals surface area contributed by atoms with Crippen LogP contribution in [0.4, 0.5) is 0 Å². The summed E-state index contributed by atoms with van der Waals surface area (Å²) in [4.78, 5) is 10.9. The van der Waals surface area contributed by atoms with Crippen LogP contribution in [0.2, 0.25) is 0 Å².